The first-order valence-corrected chi connectivity index (χ1v) is 17.8. The van der Waals surface area contributed by atoms with Gasteiger partial charge in [0.05, 0.1) is 5.69 Å². The van der Waals surface area contributed by atoms with E-state index in [1.54, 1.807) is 12.1 Å². The van der Waals surface area contributed by atoms with E-state index in [0.717, 1.165) is 39.2 Å². The largest absolute Gasteiger partial charge is 0.534 e. The maximum atomic E-state index is 13.3. The van der Waals surface area contributed by atoms with Crippen LogP contribution in [-0.2, 0) is 10.1 Å². The summed E-state index contributed by atoms with van der Waals surface area (Å²) in [6.45, 7) is 0. The van der Waals surface area contributed by atoms with E-state index in [1.807, 2.05) is 144 Å². The highest BCUT2D eigenvalue weighted by molar-refractivity contribution is 7.87. The van der Waals surface area contributed by atoms with E-state index >= 15 is 0 Å². The van der Waals surface area contributed by atoms with Gasteiger partial charge in [0.2, 0.25) is 5.88 Å². The first kappa shape index (κ1) is 33.5. The molecule has 6 aromatic carbocycles. The van der Waals surface area contributed by atoms with Gasteiger partial charge in [-0.1, -0.05) is 72.8 Å². The lowest BCUT2D eigenvalue weighted by molar-refractivity contribution is -0.0501. The van der Waals surface area contributed by atoms with Crippen LogP contribution in [0.3, 0.4) is 0 Å². The average Bonchev–Trinajstić information content (AvgIpc) is 3.53. The van der Waals surface area contributed by atoms with Crippen molar-refractivity contribution in [3.8, 4) is 17.0 Å². The minimum Gasteiger partial charge on any atom is -0.456 e. The molecule has 262 valence electrons. The normalized spacial score (nSPS) is 11.8. The van der Waals surface area contributed by atoms with E-state index in [2.05, 4.69) is 20.1 Å². The molecule has 0 aliphatic rings. The lowest BCUT2D eigenvalue weighted by atomic mass is 9.99. The molecule has 0 aliphatic heterocycles. The summed E-state index contributed by atoms with van der Waals surface area (Å²) in [7, 11) is -5.96. The zero-order valence-electron chi connectivity index (χ0n) is 27.7. The van der Waals surface area contributed by atoms with E-state index < -0.39 is 21.5 Å². The van der Waals surface area contributed by atoms with Crippen LogP contribution in [-0.4, -0.2) is 18.9 Å². The Kier molecular flexibility index (Phi) is 8.55. The van der Waals surface area contributed by atoms with Gasteiger partial charge in [-0.3, -0.25) is 0 Å². The fourth-order valence-electron chi connectivity index (χ4n) is 6.32. The highest BCUT2D eigenvalue weighted by Gasteiger charge is 2.49. The predicted molar refractivity (Wildman–Crippen MR) is 202 cm³/mol. The fraction of sp³-hybridized carbons (Fsp3) is 0.0238. The zero-order valence-corrected chi connectivity index (χ0v) is 28.5. The molecule has 2 aromatic heterocycles. The minimum absolute atomic E-state index is 0.349. The van der Waals surface area contributed by atoms with Crippen molar-refractivity contribution in [1.82, 2.24) is 4.98 Å². The molecule has 53 heavy (non-hydrogen) atoms. The maximum Gasteiger partial charge on any atom is 0.534 e. The summed E-state index contributed by atoms with van der Waals surface area (Å²) in [5.74, 6) is -0.729. The number of furan rings is 1. The van der Waals surface area contributed by atoms with Gasteiger partial charge in [-0.2, -0.15) is 21.6 Å². The molecule has 0 bridgehead atoms. The van der Waals surface area contributed by atoms with E-state index in [0.29, 0.717) is 28.0 Å². The molecule has 0 unspecified atom stereocenters. The Morgan fingerprint density at radius 2 is 1.06 bits per heavy atom. The molecular formula is C42H28F3N3O4S. The fourth-order valence-corrected chi connectivity index (χ4v) is 6.73. The molecule has 8 rings (SSSR count). The summed E-state index contributed by atoms with van der Waals surface area (Å²) in [5, 5.41) is 1.61. The van der Waals surface area contributed by atoms with Crippen LogP contribution in [0, 0.1) is 0 Å². The highest BCUT2D eigenvalue weighted by atomic mass is 32.2. The number of nitrogens with zero attached hydrogens (tertiary/aromatic N) is 3. The maximum absolute atomic E-state index is 13.3. The van der Waals surface area contributed by atoms with Crippen molar-refractivity contribution in [2.24, 2.45) is 0 Å². The Hall–Kier alpha value is -6.59. The van der Waals surface area contributed by atoms with Crippen LogP contribution in [0.25, 0.3) is 33.1 Å². The Morgan fingerprint density at radius 3 is 1.58 bits per heavy atom. The van der Waals surface area contributed by atoms with Gasteiger partial charge in [0, 0.05) is 57.0 Å². The molecule has 0 atom stereocenters. The lowest BCUT2D eigenvalue weighted by Gasteiger charge is -2.28. The van der Waals surface area contributed by atoms with Crippen molar-refractivity contribution < 1.29 is 30.2 Å². The number of hydrogen-bond acceptors (Lipinski definition) is 7. The van der Waals surface area contributed by atoms with Gasteiger partial charge < -0.3 is 18.4 Å². The summed E-state index contributed by atoms with van der Waals surface area (Å²) < 4.78 is 74.5. The second-order valence-electron chi connectivity index (χ2n) is 12.0. The first-order chi connectivity index (χ1) is 25.7. The smallest absolute Gasteiger partial charge is 0.456 e. The number of hydrogen-bond donors (Lipinski definition) is 0. The average molecular weight is 728 g/mol. The third kappa shape index (κ3) is 6.54. The van der Waals surface area contributed by atoms with Gasteiger partial charge in [0.1, 0.15) is 11.2 Å². The van der Waals surface area contributed by atoms with Crippen LogP contribution in [0.1, 0.15) is 0 Å². The van der Waals surface area contributed by atoms with Gasteiger partial charge in [0.15, 0.2) is 0 Å². The molecule has 0 amide bonds. The monoisotopic (exact) mass is 727 g/mol. The van der Waals surface area contributed by atoms with Crippen molar-refractivity contribution >= 4 is 66.2 Å². The second kappa shape index (κ2) is 13.5. The number of halogens is 3. The molecule has 0 spiro atoms. The molecule has 8 aromatic rings. The molecule has 11 heteroatoms. The summed E-state index contributed by atoms with van der Waals surface area (Å²) >= 11 is 0. The van der Waals surface area contributed by atoms with Crippen molar-refractivity contribution in [2.45, 2.75) is 5.51 Å². The Morgan fingerprint density at radius 1 is 0.547 bits per heavy atom. The van der Waals surface area contributed by atoms with Crippen molar-refractivity contribution in [3.63, 3.8) is 0 Å². The van der Waals surface area contributed by atoms with Crippen molar-refractivity contribution in [1.29, 1.82) is 0 Å². The van der Waals surface area contributed by atoms with Crippen LogP contribution in [0.15, 0.2) is 174 Å². The van der Waals surface area contributed by atoms with Gasteiger partial charge in [0.25, 0.3) is 0 Å². The molecule has 0 radical (unpaired) electrons. The zero-order chi connectivity index (χ0) is 36.6. The van der Waals surface area contributed by atoms with Crippen LogP contribution in [0.5, 0.6) is 5.88 Å². The van der Waals surface area contributed by atoms with E-state index in [1.165, 1.54) is 12.3 Å². The van der Waals surface area contributed by atoms with E-state index in [9.17, 15) is 21.6 Å². The topological polar surface area (TPSA) is 75.9 Å². The van der Waals surface area contributed by atoms with Crippen LogP contribution in [0.2, 0.25) is 0 Å². The molecule has 7 nitrogen and oxygen atoms in total. The van der Waals surface area contributed by atoms with Crippen LogP contribution in [0.4, 0.5) is 47.3 Å². The molecule has 2 heterocycles. The number of para-hydroxylation sites is 4. The summed E-state index contributed by atoms with van der Waals surface area (Å²) in [6.07, 6.45) is 1.20. The SMILES string of the molecule is O=S(=O)(Oc1cc(-c2cc3oc4ccc(N(c5ccccc5)c5ccccc5)cc4c3cc2N(c2ccccc2)c2ccccc2)ccn1)C(F)(F)F. The number of fused-ring (bicyclic) bond motifs is 3. The molecule has 0 fully saturated rings. The summed E-state index contributed by atoms with van der Waals surface area (Å²) in [5.41, 5.74) is 1.45. The third-order valence-electron chi connectivity index (χ3n) is 8.65. The molecule has 0 saturated heterocycles. The lowest BCUT2D eigenvalue weighted by Crippen LogP contribution is -2.28. The van der Waals surface area contributed by atoms with Crippen LogP contribution >= 0.6 is 0 Å². The van der Waals surface area contributed by atoms with Gasteiger partial charge in [-0.05, 0) is 90.5 Å². The number of anilines is 6. The van der Waals surface area contributed by atoms with Gasteiger partial charge >= 0.3 is 15.6 Å². The molecule has 0 aliphatic carbocycles. The van der Waals surface area contributed by atoms with Gasteiger partial charge in [-0.25, -0.2) is 4.98 Å². The Balaban J connectivity index is 1.37. The number of aromatic nitrogens is 1. The van der Waals surface area contributed by atoms with Crippen molar-refractivity contribution in [3.05, 3.63) is 170 Å². The number of alkyl halides is 3. The standard InChI is InChI=1S/C42H28F3N3O4S/c43-42(44,45)53(49,50)52-41-25-29(23-24-46-41)35-28-40-37(27-38(35)48(32-17-9-3-10-18-32)33-19-11-4-12-20-33)36-26-34(21-22-39(36)51-40)47(30-13-5-1-6-14-30)31-15-7-2-8-16-31/h1-28H. The minimum atomic E-state index is -5.96. The number of benzene rings is 6. The highest BCUT2D eigenvalue weighted by Crippen LogP contribution is 2.46. The molecule has 0 N–H and O–H groups in total. The molecule has 0 saturated carbocycles. The van der Waals surface area contributed by atoms with E-state index in [-0.39, 0.29) is 0 Å². The third-order valence-corrected chi connectivity index (χ3v) is 9.61. The second-order valence-corrected chi connectivity index (χ2v) is 13.6. The predicted octanol–water partition coefficient (Wildman–Crippen LogP) is 11.8. The Labute approximate surface area is 302 Å². The summed E-state index contributed by atoms with van der Waals surface area (Å²) in [4.78, 5) is 7.96. The quantitative estimate of drug-likeness (QED) is 0.108. The van der Waals surface area contributed by atoms with E-state index in [4.69, 9.17) is 4.42 Å². The number of pyridine rings is 1. The van der Waals surface area contributed by atoms with Crippen molar-refractivity contribution in [2.75, 3.05) is 9.80 Å². The van der Waals surface area contributed by atoms with Gasteiger partial charge in [-0.15, -0.1) is 0 Å². The first-order valence-electron chi connectivity index (χ1n) is 16.4. The Bertz CT molecular complexity index is 2580. The van der Waals surface area contributed by atoms with Crippen LogP contribution < -0.4 is 14.0 Å². The number of rotatable bonds is 9. The molecular weight excluding hydrogens is 700 g/mol. The summed E-state index contributed by atoms with van der Waals surface area (Å²) in [6, 6.07) is 51.8.